The van der Waals surface area contributed by atoms with E-state index in [0.717, 1.165) is 12.8 Å². The molecule has 1 aliphatic heterocycles. The average Bonchev–Trinajstić information content (AvgIpc) is 2.40. The van der Waals surface area contributed by atoms with E-state index in [2.05, 4.69) is 6.92 Å². The van der Waals surface area contributed by atoms with Crippen LogP contribution in [0.3, 0.4) is 0 Å². The number of rotatable bonds is 2. The van der Waals surface area contributed by atoms with Gasteiger partial charge in [-0.3, -0.25) is 4.79 Å². The van der Waals surface area contributed by atoms with Crippen molar-refractivity contribution in [3.05, 3.63) is 28.8 Å². The van der Waals surface area contributed by atoms with Gasteiger partial charge in [-0.25, -0.2) is 0 Å². The molecule has 1 aromatic rings. The maximum absolute atomic E-state index is 12.5. The third-order valence-electron chi connectivity index (χ3n) is 3.81. The summed E-state index contributed by atoms with van der Waals surface area (Å²) in [6, 6.07) is 4.54. The van der Waals surface area contributed by atoms with Crippen LogP contribution in [0.25, 0.3) is 0 Å². The van der Waals surface area contributed by atoms with Crippen LogP contribution in [0, 0.1) is 5.92 Å². The summed E-state index contributed by atoms with van der Waals surface area (Å²) in [7, 11) is 0. The number of benzene rings is 1. The molecule has 0 radical (unpaired) electrons. The second-order valence-corrected chi connectivity index (χ2v) is 5.52. The van der Waals surface area contributed by atoms with Crippen LogP contribution in [0.1, 0.15) is 30.1 Å². The lowest BCUT2D eigenvalue weighted by Gasteiger charge is -2.39. The zero-order valence-corrected chi connectivity index (χ0v) is 11.7. The van der Waals surface area contributed by atoms with Crippen molar-refractivity contribution < 1.29 is 9.90 Å². The van der Waals surface area contributed by atoms with Crippen molar-refractivity contribution in [2.75, 3.05) is 13.1 Å². The Balaban J connectivity index is 2.29. The standard InChI is InChI=1S/C14H19ClN2O2/c1-9-3-2-6-17(12(9)8-16)14(19)11-7-10(15)4-5-13(11)18/h4-5,7,9,12,18H,2-3,6,8,16H2,1H3. The number of amides is 1. The van der Waals surface area contributed by atoms with Crippen molar-refractivity contribution in [1.29, 1.82) is 0 Å². The molecule has 0 spiro atoms. The molecule has 1 heterocycles. The van der Waals surface area contributed by atoms with Crippen molar-refractivity contribution in [3.63, 3.8) is 0 Å². The fraction of sp³-hybridized carbons (Fsp3) is 0.500. The van der Waals surface area contributed by atoms with Crippen molar-refractivity contribution in [2.24, 2.45) is 11.7 Å². The van der Waals surface area contributed by atoms with Gasteiger partial charge >= 0.3 is 0 Å². The Morgan fingerprint density at radius 1 is 1.58 bits per heavy atom. The molecule has 1 aromatic carbocycles. The molecule has 1 fully saturated rings. The van der Waals surface area contributed by atoms with Gasteiger partial charge in [-0.05, 0) is 37.0 Å². The van der Waals surface area contributed by atoms with Crippen LogP contribution in [0.5, 0.6) is 5.75 Å². The summed E-state index contributed by atoms with van der Waals surface area (Å²) in [4.78, 5) is 14.3. The highest BCUT2D eigenvalue weighted by atomic mass is 35.5. The molecule has 1 saturated heterocycles. The van der Waals surface area contributed by atoms with Crippen LogP contribution in [-0.2, 0) is 0 Å². The first-order valence-electron chi connectivity index (χ1n) is 6.54. The molecule has 2 atom stereocenters. The zero-order chi connectivity index (χ0) is 14.0. The Labute approximate surface area is 118 Å². The topological polar surface area (TPSA) is 66.6 Å². The monoisotopic (exact) mass is 282 g/mol. The molecule has 5 heteroatoms. The number of hydrogen-bond acceptors (Lipinski definition) is 3. The predicted octanol–water partition coefficient (Wildman–Crippen LogP) is 2.24. The number of aromatic hydroxyl groups is 1. The number of carbonyl (C=O) groups is 1. The Morgan fingerprint density at radius 3 is 3.00 bits per heavy atom. The first-order chi connectivity index (χ1) is 9.04. The minimum absolute atomic E-state index is 0.0274. The third-order valence-corrected chi connectivity index (χ3v) is 4.04. The van der Waals surface area contributed by atoms with E-state index in [-0.39, 0.29) is 23.3 Å². The summed E-state index contributed by atoms with van der Waals surface area (Å²) in [5.41, 5.74) is 6.04. The predicted molar refractivity (Wildman–Crippen MR) is 75.4 cm³/mol. The van der Waals surface area contributed by atoms with Gasteiger partial charge in [0.2, 0.25) is 0 Å². The van der Waals surface area contributed by atoms with Crippen LogP contribution in [0.2, 0.25) is 5.02 Å². The summed E-state index contributed by atoms with van der Waals surface area (Å²) < 4.78 is 0. The lowest BCUT2D eigenvalue weighted by Crippen LogP contribution is -2.51. The molecule has 1 aliphatic rings. The van der Waals surface area contributed by atoms with Gasteiger partial charge in [0.1, 0.15) is 5.75 Å². The summed E-state index contributed by atoms with van der Waals surface area (Å²) in [6.07, 6.45) is 2.04. The van der Waals surface area contributed by atoms with Crippen molar-refractivity contribution >= 4 is 17.5 Å². The second-order valence-electron chi connectivity index (χ2n) is 5.08. The number of nitrogens with zero attached hydrogens (tertiary/aromatic N) is 1. The van der Waals surface area contributed by atoms with E-state index in [1.165, 1.54) is 12.1 Å². The molecule has 3 N–H and O–H groups in total. The Hall–Kier alpha value is -1.26. The summed E-state index contributed by atoms with van der Waals surface area (Å²) >= 11 is 5.89. The van der Waals surface area contributed by atoms with Gasteiger partial charge in [-0.1, -0.05) is 18.5 Å². The second kappa shape index (κ2) is 5.80. The fourth-order valence-electron chi connectivity index (χ4n) is 2.69. The third kappa shape index (κ3) is 2.85. The van der Waals surface area contributed by atoms with E-state index < -0.39 is 0 Å². The number of carbonyl (C=O) groups excluding carboxylic acids is 1. The fourth-order valence-corrected chi connectivity index (χ4v) is 2.87. The van der Waals surface area contributed by atoms with E-state index in [1.807, 2.05) is 0 Å². The Kier molecular flexibility index (Phi) is 4.32. The molecule has 0 bridgehead atoms. The number of nitrogens with two attached hydrogens (primary N) is 1. The summed E-state index contributed by atoms with van der Waals surface area (Å²) in [6.45, 7) is 3.22. The van der Waals surface area contributed by atoms with Gasteiger partial charge in [-0.2, -0.15) is 0 Å². The highest BCUT2D eigenvalue weighted by Gasteiger charge is 2.32. The van der Waals surface area contributed by atoms with Gasteiger partial charge < -0.3 is 15.7 Å². The van der Waals surface area contributed by atoms with Crippen molar-refractivity contribution in [2.45, 2.75) is 25.8 Å². The van der Waals surface area contributed by atoms with Crippen molar-refractivity contribution in [1.82, 2.24) is 4.90 Å². The smallest absolute Gasteiger partial charge is 0.257 e. The molecular weight excluding hydrogens is 264 g/mol. The van der Waals surface area contributed by atoms with Gasteiger partial charge in [0.25, 0.3) is 5.91 Å². The van der Waals surface area contributed by atoms with E-state index in [4.69, 9.17) is 17.3 Å². The molecule has 0 aliphatic carbocycles. The molecule has 0 saturated carbocycles. The number of likely N-dealkylation sites (tertiary alicyclic amines) is 1. The minimum atomic E-state index is -0.193. The Bertz CT molecular complexity index is 479. The SMILES string of the molecule is CC1CCCN(C(=O)c2cc(Cl)ccc2O)C1CN. The minimum Gasteiger partial charge on any atom is -0.507 e. The largest absolute Gasteiger partial charge is 0.507 e. The summed E-state index contributed by atoms with van der Waals surface area (Å²) in [5, 5.41) is 10.3. The van der Waals surface area contributed by atoms with Gasteiger partial charge in [0, 0.05) is 24.2 Å². The Morgan fingerprint density at radius 2 is 2.32 bits per heavy atom. The number of phenolic OH excluding ortho intramolecular Hbond substituents is 1. The van der Waals surface area contributed by atoms with E-state index in [9.17, 15) is 9.90 Å². The van der Waals surface area contributed by atoms with Gasteiger partial charge in [0.05, 0.1) is 5.56 Å². The zero-order valence-electron chi connectivity index (χ0n) is 11.0. The first-order valence-corrected chi connectivity index (χ1v) is 6.92. The molecule has 2 unspecified atom stereocenters. The normalized spacial score (nSPS) is 23.4. The van der Waals surface area contributed by atoms with Crippen LogP contribution >= 0.6 is 11.6 Å². The molecule has 104 valence electrons. The number of hydrogen-bond donors (Lipinski definition) is 2. The molecule has 2 rings (SSSR count). The van der Waals surface area contributed by atoms with Gasteiger partial charge in [-0.15, -0.1) is 0 Å². The van der Waals surface area contributed by atoms with Crippen molar-refractivity contribution in [3.8, 4) is 5.75 Å². The average molecular weight is 283 g/mol. The van der Waals surface area contributed by atoms with Crippen LogP contribution in [0.4, 0.5) is 0 Å². The molecule has 4 nitrogen and oxygen atoms in total. The quantitative estimate of drug-likeness (QED) is 0.874. The van der Waals surface area contributed by atoms with E-state index in [0.29, 0.717) is 24.0 Å². The van der Waals surface area contributed by atoms with E-state index >= 15 is 0 Å². The summed E-state index contributed by atoms with van der Waals surface area (Å²) in [5.74, 6) is 0.148. The van der Waals surface area contributed by atoms with Gasteiger partial charge in [0.15, 0.2) is 0 Å². The maximum Gasteiger partial charge on any atom is 0.257 e. The first kappa shape index (κ1) is 14.2. The number of phenols is 1. The van der Waals surface area contributed by atoms with Crippen LogP contribution < -0.4 is 5.73 Å². The lowest BCUT2D eigenvalue weighted by atomic mass is 9.90. The van der Waals surface area contributed by atoms with Crippen LogP contribution in [-0.4, -0.2) is 35.0 Å². The number of piperidine rings is 1. The molecule has 1 amide bonds. The molecule has 19 heavy (non-hydrogen) atoms. The number of halogens is 1. The van der Waals surface area contributed by atoms with E-state index in [1.54, 1.807) is 11.0 Å². The lowest BCUT2D eigenvalue weighted by molar-refractivity contribution is 0.0529. The van der Waals surface area contributed by atoms with Crippen LogP contribution in [0.15, 0.2) is 18.2 Å². The molecule has 0 aromatic heterocycles. The molecular formula is C14H19ClN2O2. The highest BCUT2D eigenvalue weighted by Crippen LogP contribution is 2.28. The highest BCUT2D eigenvalue weighted by molar-refractivity contribution is 6.31. The maximum atomic E-state index is 12.5.